The van der Waals surface area contributed by atoms with E-state index in [-0.39, 0.29) is 0 Å². The van der Waals surface area contributed by atoms with Gasteiger partial charge in [0.05, 0.1) is 0 Å². The van der Waals surface area contributed by atoms with Crippen LogP contribution >= 0.6 is 11.3 Å². The van der Waals surface area contributed by atoms with Gasteiger partial charge in [-0.3, -0.25) is 9.69 Å². The Morgan fingerprint density at radius 3 is 2.61 bits per heavy atom. The first-order valence-corrected chi connectivity index (χ1v) is 6.47. The molecule has 0 atom stereocenters. The fourth-order valence-electron chi connectivity index (χ4n) is 2.05. The maximum atomic E-state index is 11.2. The molecule has 2 heterocycles. The Balaban J connectivity index is 2.25. The number of aliphatic carboxylic acids is 1. The number of hydrogen-bond donors (Lipinski definition) is 2. The second-order valence-corrected chi connectivity index (χ2v) is 6.04. The van der Waals surface area contributed by atoms with Gasteiger partial charge >= 0.3 is 11.9 Å². The van der Waals surface area contributed by atoms with Gasteiger partial charge in [0.2, 0.25) is 0 Å². The third kappa shape index (κ3) is 2.13. The molecule has 1 aliphatic rings. The van der Waals surface area contributed by atoms with Gasteiger partial charge in [-0.15, -0.1) is 11.3 Å². The molecule has 0 unspecified atom stereocenters. The number of thiophene rings is 1. The number of hydrogen-bond acceptors (Lipinski definition) is 4. The van der Waals surface area contributed by atoms with Gasteiger partial charge in [0.1, 0.15) is 10.4 Å². The lowest BCUT2D eigenvalue weighted by molar-refractivity contribution is -0.150. The number of nitrogens with zero attached hydrogens (tertiary/aromatic N) is 1. The third-order valence-electron chi connectivity index (χ3n) is 3.39. The minimum atomic E-state index is -0.928. The maximum absolute atomic E-state index is 11.2. The van der Waals surface area contributed by atoms with Gasteiger partial charge in [-0.1, -0.05) is 0 Å². The first-order chi connectivity index (χ1) is 8.32. The molecule has 1 aromatic heterocycles. The number of aromatic carboxylic acids is 1. The van der Waals surface area contributed by atoms with Gasteiger partial charge in [0.15, 0.2) is 0 Å². The fourth-order valence-corrected chi connectivity index (χ4v) is 3.05. The van der Waals surface area contributed by atoms with Crippen molar-refractivity contribution in [3.05, 3.63) is 21.4 Å². The molecular weight excluding hydrogens is 254 g/mol. The normalized spacial score (nSPS) is 16.3. The van der Waals surface area contributed by atoms with Crippen LogP contribution in [0.3, 0.4) is 0 Å². The van der Waals surface area contributed by atoms with E-state index in [9.17, 15) is 14.7 Å². The van der Waals surface area contributed by atoms with Crippen LogP contribution in [0.2, 0.25) is 0 Å². The number of rotatable bonds is 3. The van der Waals surface area contributed by atoms with Crippen LogP contribution in [-0.4, -0.2) is 39.1 Å². The summed E-state index contributed by atoms with van der Waals surface area (Å²) in [5, 5.41) is 18.2. The number of carbonyl (C=O) groups is 2. The zero-order valence-corrected chi connectivity index (χ0v) is 11.1. The van der Waals surface area contributed by atoms with Crippen molar-refractivity contribution in [2.45, 2.75) is 32.4 Å². The Morgan fingerprint density at radius 1 is 1.39 bits per heavy atom. The summed E-state index contributed by atoms with van der Waals surface area (Å²) in [6, 6.07) is 1.66. The Labute approximate surface area is 109 Å². The predicted octanol–water partition coefficient (Wildman–Crippen LogP) is 1.67. The standard InChI is InChI=1S/C12H15NO4S/c1-12(2,11(16)17)13-4-3-8-7(6-13)5-9(18-8)10(14)15/h5H,3-4,6H2,1-2H3,(H,14,15)(H,16,17). The van der Waals surface area contributed by atoms with Crippen molar-refractivity contribution in [2.24, 2.45) is 0 Å². The molecule has 1 aliphatic heterocycles. The van der Waals surface area contributed by atoms with Gasteiger partial charge in [0.25, 0.3) is 0 Å². The molecule has 0 radical (unpaired) electrons. The van der Waals surface area contributed by atoms with Crippen LogP contribution in [0.5, 0.6) is 0 Å². The van der Waals surface area contributed by atoms with Crippen LogP contribution in [0.25, 0.3) is 0 Å². The first-order valence-electron chi connectivity index (χ1n) is 5.65. The second kappa shape index (κ2) is 4.37. The minimum Gasteiger partial charge on any atom is -0.480 e. The largest absolute Gasteiger partial charge is 0.480 e. The van der Waals surface area contributed by atoms with Gasteiger partial charge < -0.3 is 10.2 Å². The molecule has 5 nitrogen and oxygen atoms in total. The highest BCUT2D eigenvalue weighted by atomic mass is 32.1. The third-order valence-corrected chi connectivity index (χ3v) is 4.62. The number of carboxylic acids is 2. The van der Waals surface area contributed by atoms with Gasteiger partial charge in [-0.2, -0.15) is 0 Å². The van der Waals surface area contributed by atoms with E-state index in [1.165, 1.54) is 11.3 Å². The molecule has 0 spiro atoms. The summed E-state index contributed by atoms with van der Waals surface area (Å²) in [4.78, 5) is 25.4. The molecule has 1 aromatic rings. The van der Waals surface area contributed by atoms with Crippen LogP contribution in [0.15, 0.2) is 6.07 Å². The quantitative estimate of drug-likeness (QED) is 0.872. The molecule has 98 valence electrons. The molecule has 2 rings (SSSR count). The zero-order chi connectivity index (χ0) is 13.5. The topological polar surface area (TPSA) is 77.8 Å². The lowest BCUT2D eigenvalue weighted by atomic mass is 9.98. The molecule has 0 saturated heterocycles. The number of carboxylic acid groups (broad SMARTS) is 2. The molecule has 2 N–H and O–H groups in total. The highest BCUT2D eigenvalue weighted by Gasteiger charge is 2.36. The average Bonchev–Trinajstić information content (AvgIpc) is 2.71. The Morgan fingerprint density at radius 2 is 2.06 bits per heavy atom. The lowest BCUT2D eigenvalue weighted by Gasteiger charge is -2.37. The van der Waals surface area contributed by atoms with Crippen LogP contribution in [0.4, 0.5) is 0 Å². The van der Waals surface area contributed by atoms with E-state index in [1.54, 1.807) is 19.9 Å². The van der Waals surface area contributed by atoms with E-state index in [4.69, 9.17) is 5.11 Å². The molecule has 0 amide bonds. The molecule has 0 fully saturated rings. The van der Waals surface area contributed by atoms with Crippen molar-refractivity contribution in [3.63, 3.8) is 0 Å². The van der Waals surface area contributed by atoms with Crippen LogP contribution in [0, 0.1) is 0 Å². The van der Waals surface area contributed by atoms with Crippen molar-refractivity contribution in [2.75, 3.05) is 6.54 Å². The summed E-state index contributed by atoms with van der Waals surface area (Å²) in [6.45, 7) is 4.49. The summed E-state index contributed by atoms with van der Waals surface area (Å²) >= 11 is 1.29. The minimum absolute atomic E-state index is 0.329. The fraction of sp³-hybridized carbons (Fsp3) is 0.500. The maximum Gasteiger partial charge on any atom is 0.345 e. The summed E-state index contributed by atoms with van der Waals surface area (Å²) in [7, 11) is 0. The van der Waals surface area contributed by atoms with E-state index in [0.717, 1.165) is 10.4 Å². The van der Waals surface area contributed by atoms with Crippen molar-refractivity contribution >= 4 is 23.3 Å². The van der Waals surface area contributed by atoms with Crippen molar-refractivity contribution < 1.29 is 19.8 Å². The zero-order valence-electron chi connectivity index (χ0n) is 10.3. The molecule has 18 heavy (non-hydrogen) atoms. The molecule has 0 aromatic carbocycles. The second-order valence-electron chi connectivity index (χ2n) is 4.90. The van der Waals surface area contributed by atoms with E-state index >= 15 is 0 Å². The summed E-state index contributed by atoms with van der Waals surface area (Å²) in [5.74, 6) is -1.78. The SMILES string of the molecule is CC(C)(C(=O)O)N1CCc2sc(C(=O)O)cc2C1. The summed E-state index contributed by atoms with van der Waals surface area (Å²) in [6.07, 6.45) is 0.712. The van der Waals surface area contributed by atoms with Gasteiger partial charge in [-0.25, -0.2) is 4.79 Å². The molecule has 0 bridgehead atoms. The van der Waals surface area contributed by atoms with Crippen LogP contribution in [0.1, 0.15) is 34.0 Å². The molecule has 0 aliphatic carbocycles. The van der Waals surface area contributed by atoms with Gasteiger partial charge in [-0.05, 0) is 31.9 Å². The lowest BCUT2D eigenvalue weighted by Crippen LogP contribution is -2.51. The summed E-state index contributed by atoms with van der Waals surface area (Å²) < 4.78 is 0. The predicted molar refractivity (Wildman–Crippen MR) is 67.1 cm³/mol. The van der Waals surface area contributed by atoms with Crippen LogP contribution < -0.4 is 0 Å². The highest BCUT2D eigenvalue weighted by molar-refractivity contribution is 7.14. The number of fused-ring (bicyclic) bond motifs is 1. The van der Waals surface area contributed by atoms with E-state index in [2.05, 4.69) is 0 Å². The van der Waals surface area contributed by atoms with Gasteiger partial charge in [0, 0.05) is 18.0 Å². The molecule has 0 saturated carbocycles. The van der Waals surface area contributed by atoms with Crippen molar-refractivity contribution in [1.29, 1.82) is 0 Å². The van der Waals surface area contributed by atoms with Crippen molar-refractivity contribution in [3.8, 4) is 0 Å². The van der Waals surface area contributed by atoms with E-state index in [1.807, 2.05) is 4.90 Å². The average molecular weight is 269 g/mol. The Bertz CT molecular complexity index is 506. The molecule has 6 heteroatoms. The Hall–Kier alpha value is -1.40. The van der Waals surface area contributed by atoms with Crippen LogP contribution in [-0.2, 0) is 17.8 Å². The highest BCUT2D eigenvalue weighted by Crippen LogP contribution is 2.31. The Kier molecular flexibility index (Phi) is 3.16. The van der Waals surface area contributed by atoms with E-state index in [0.29, 0.717) is 24.4 Å². The summed E-state index contributed by atoms with van der Waals surface area (Å²) in [5.41, 5.74) is 0.0150. The smallest absolute Gasteiger partial charge is 0.345 e. The van der Waals surface area contributed by atoms with Crippen molar-refractivity contribution in [1.82, 2.24) is 4.90 Å². The van der Waals surface area contributed by atoms with E-state index < -0.39 is 17.5 Å². The monoisotopic (exact) mass is 269 g/mol. The first kappa shape index (κ1) is 13.0. The molecular formula is C12H15NO4S.